The first-order valence-corrected chi connectivity index (χ1v) is 8.37. The summed E-state index contributed by atoms with van der Waals surface area (Å²) in [4.78, 5) is 19.7. The lowest BCUT2D eigenvalue weighted by atomic mass is 10.2. The van der Waals surface area contributed by atoms with Crippen LogP contribution in [-0.2, 0) is 0 Å². The number of aromatic nitrogens is 4. The Balaban J connectivity index is 2.02. The molecule has 7 nitrogen and oxygen atoms in total. The zero-order valence-corrected chi connectivity index (χ0v) is 15.3. The minimum atomic E-state index is -1.11. The zero-order chi connectivity index (χ0) is 20.3. The van der Waals surface area contributed by atoms with E-state index in [9.17, 15) is 14.3 Å². The number of allylic oxidation sites excluding steroid dienone is 5. The largest absolute Gasteiger partial charge is 0.478 e. The summed E-state index contributed by atoms with van der Waals surface area (Å²) in [6.07, 6.45) is 7.26. The van der Waals surface area contributed by atoms with E-state index in [0.717, 1.165) is 0 Å². The third-order valence-corrected chi connectivity index (χ3v) is 3.89. The highest BCUT2D eigenvalue weighted by Crippen LogP contribution is 2.24. The van der Waals surface area contributed by atoms with Gasteiger partial charge in [0.05, 0.1) is 5.69 Å². The van der Waals surface area contributed by atoms with Gasteiger partial charge in [-0.15, -0.1) is 5.10 Å². The minimum absolute atomic E-state index is 0.0109. The number of aromatic carboxylic acids is 1. The number of hydrogen-bond donors (Lipinski definition) is 2. The molecule has 28 heavy (non-hydrogen) atoms. The average Bonchev–Trinajstić information content (AvgIpc) is 3.14. The maximum atomic E-state index is 13.7. The summed E-state index contributed by atoms with van der Waals surface area (Å²) in [6, 6.07) is 5.11. The quantitative estimate of drug-likeness (QED) is 0.617. The van der Waals surface area contributed by atoms with Crippen LogP contribution in [0.1, 0.15) is 30.0 Å². The van der Waals surface area contributed by atoms with Crippen molar-refractivity contribution in [1.82, 2.24) is 19.6 Å². The summed E-state index contributed by atoms with van der Waals surface area (Å²) >= 11 is 0. The van der Waals surface area contributed by atoms with Crippen molar-refractivity contribution >= 4 is 28.6 Å². The van der Waals surface area contributed by atoms with Gasteiger partial charge in [-0.3, -0.25) is 4.98 Å². The Bertz CT molecular complexity index is 1130. The van der Waals surface area contributed by atoms with Gasteiger partial charge in [0, 0.05) is 24.2 Å². The topological polar surface area (TPSA) is 92.4 Å². The molecule has 2 N–H and O–H groups in total. The van der Waals surface area contributed by atoms with E-state index in [1.54, 1.807) is 42.8 Å². The zero-order valence-electron chi connectivity index (χ0n) is 15.3. The van der Waals surface area contributed by atoms with Gasteiger partial charge in [-0.25, -0.2) is 18.7 Å². The molecule has 0 bridgehead atoms. The van der Waals surface area contributed by atoms with E-state index < -0.39 is 5.97 Å². The molecule has 0 spiro atoms. The average molecular weight is 379 g/mol. The molecule has 0 aromatic carbocycles. The minimum Gasteiger partial charge on any atom is -0.478 e. The molecule has 0 aliphatic rings. The van der Waals surface area contributed by atoms with Gasteiger partial charge >= 0.3 is 5.97 Å². The lowest BCUT2D eigenvalue weighted by Gasteiger charge is -2.11. The first-order chi connectivity index (χ1) is 13.4. The number of rotatable bonds is 6. The van der Waals surface area contributed by atoms with E-state index in [-0.39, 0.29) is 17.2 Å². The molecule has 0 saturated carbocycles. The van der Waals surface area contributed by atoms with Crippen molar-refractivity contribution in [2.24, 2.45) is 0 Å². The Morgan fingerprint density at radius 3 is 2.82 bits per heavy atom. The van der Waals surface area contributed by atoms with E-state index >= 15 is 0 Å². The maximum Gasteiger partial charge on any atom is 0.339 e. The highest BCUT2D eigenvalue weighted by atomic mass is 19.1. The third-order valence-electron chi connectivity index (χ3n) is 3.89. The SMILES string of the molecule is C=C(/C=C\C(F)=C(C)C)c1nc(Nc2ccncc2C(=O)O)c2cccn2n1. The number of fused-ring (bicyclic) bond motifs is 1. The van der Waals surface area contributed by atoms with Gasteiger partial charge in [-0.1, -0.05) is 6.58 Å². The highest BCUT2D eigenvalue weighted by Gasteiger charge is 2.14. The van der Waals surface area contributed by atoms with E-state index in [0.29, 0.717) is 28.2 Å². The number of carboxylic acids is 1. The molecule has 8 heteroatoms. The molecule has 0 amide bonds. The first-order valence-electron chi connectivity index (χ1n) is 8.37. The summed E-state index contributed by atoms with van der Waals surface area (Å²) < 4.78 is 15.3. The van der Waals surface area contributed by atoms with Crippen molar-refractivity contribution in [2.75, 3.05) is 5.32 Å². The predicted octanol–water partition coefficient (Wildman–Crippen LogP) is 4.40. The Hall–Kier alpha value is -3.81. The molecule has 0 aliphatic carbocycles. The van der Waals surface area contributed by atoms with Crippen molar-refractivity contribution in [3.63, 3.8) is 0 Å². The fourth-order valence-corrected chi connectivity index (χ4v) is 2.38. The lowest BCUT2D eigenvalue weighted by Crippen LogP contribution is -2.08. The van der Waals surface area contributed by atoms with Gasteiger partial charge in [0.15, 0.2) is 11.6 Å². The van der Waals surface area contributed by atoms with Crippen LogP contribution in [0.3, 0.4) is 0 Å². The van der Waals surface area contributed by atoms with Crippen LogP contribution in [0.4, 0.5) is 15.9 Å². The Labute approximate surface area is 160 Å². The van der Waals surface area contributed by atoms with Crippen LogP contribution in [0.2, 0.25) is 0 Å². The third kappa shape index (κ3) is 3.96. The van der Waals surface area contributed by atoms with Gasteiger partial charge in [0.25, 0.3) is 0 Å². The van der Waals surface area contributed by atoms with Crippen LogP contribution in [0.25, 0.3) is 11.1 Å². The number of carboxylic acid groups (broad SMARTS) is 1. The standard InChI is InChI=1S/C20H18FN5O2/c1-12(2)15(21)7-6-13(3)18-24-19(17-5-4-10-26(17)25-18)23-16-8-9-22-11-14(16)20(27)28/h4-11H,3H2,1-2H3,(H,27,28)(H,22,23,24,25)/b7-6-. The normalized spacial score (nSPS) is 11.0. The smallest absolute Gasteiger partial charge is 0.339 e. The second kappa shape index (κ2) is 7.83. The number of nitrogens with zero attached hydrogens (tertiary/aromatic N) is 4. The summed E-state index contributed by atoms with van der Waals surface area (Å²) in [5.74, 6) is -0.805. The second-order valence-corrected chi connectivity index (χ2v) is 6.18. The van der Waals surface area contributed by atoms with Crippen LogP contribution >= 0.6 is 0 Å². The summed E-state index contributed by atoms with van der Waals surface area (Å²) in [6.45, 7) is 7.23. The number of halogens is 1. The molecule has 142 valence electrons. The van der Waals surface area contributed by atoms with Gasteiger partial charge in [0.1, 0.15) is 16.9 Å². The molecule has 3 aromatic rings. The number of pyridine rings is 1. The molecule has 0 fully saturated rings. The number of anilines is 2. The number of hydrogen-bond acceptors (Lipinski definition) is 5. The first kappa shape index (κ1) is 19.0. The fraction of sp³-hybridized carbons (Fsp3) is 0.100. The van der Waals surface area contributed by atoms with Crippen molar-refractivity contribution in [3.05, 3.63) is 78.3 Å². The molecule has 3 rings (SSSR count). The number of carbonyl (C=O) groups is 1. The van der Waals surface area contributed by atoms with Gasteiger partial charge < -0.3 is 10.4 Å². The fourth-order valence-electron chi connectivity index (χ4n) is 2.38. The summed E-state index contributed by atoms with van der Waals surface area (Å²) in [5.41, 5.74) is 1.95. The number of nitrogens with one attached hydrogen (secondary N) is 1. The molecule has 0 unspecified atom stereocenters. The van der Waals surface area contributed by atoms with Crippen molar-refractivity contribution in [3.8, 4) is 0 Å². The molecule has 0 atom stereocenters. The molecule has 0 aliphatic heterocycles. The van der Waals surface area contributed by atoms with Gasteiger partial charge in [-0.05, 0) is 49.8 Å². The summed E-state index contributed by atoms with van der Waals surface area (Å²) in [5, 5.41) is 16.7. The van der Waals surface area contributed by atoms with Crippen LogP contribution in [0.15, 0.2) is 66.9 Å². The van der Waals surface area contributed by atoms with Gasteiger partial charge in [-0.2, -0.15) is 0 Å². The van der Waals surface area contributed by atoms with E-state index in [2.05, 4.69) is 27.0 Å². The maximum absolute atomic E-state index is 13.7. The van der Waals surface area contributed by atoms with Crippen LogP contribution in [-0.4, -0.2) is 30.7 Å². The van der Waals surface area contributed by atoms with Crippen LogP contribution in [0.5, 0.6) is 0 Å². The molecular formula is C20H18FN5O2. The Kier molecular flexibility index (Phi) is 5.30. The van der Waals surface area contributed by atoms with Crippen molar-refractivity contribution in [1.29, 1.82) is 0 Å². The molecule has 3 aromatic heterocycles. The summed E-state index contributed by atoms with van der Waals surface area (Å²) in [7, 11) is 0. The van der Waals surface area contributed by atoms with Crippen LogP contribution in [0, 0.1) is 0 Å². The molecule has 3 heterocycles. The van der Waals surface area contributed by atoms with Crippen LogP contribution < -0.4 is 5.32 Å². The highest BCUT2D eigenvalue weighted by molar-refractivity contribution is 5.95. The molecular weight excluding hydrogens is 361 g/mol. The van der Waals surface area contributed by atoms with E-state index in [1.807, 2.05) is 0 Å². The molecule has 0 saturated heterocycles. The van der Waals surface area contributed by atoms with E-state index in [1.165, 1.54) is 24.5 Å². The van der Waals surface area contributed by atoms with Crippen molar-refractivity contribution < 1.29 is 14.3 Å². The Morgan fingerprint density at radius 1 is 1.32 bits per heavy atom. The lowest BCUT2D eigenvalue weighted by molar-refractivity contribution is 0.0697. The van der Waals surface area contributed by atoms with Gasteiger partial charge in [0.2, 0.25) is 0 Å². The monoisotopic (exact) mass is 379 g/mol. The molecule has 0 radical (unpaired) electrons. The second-order valence-electron chi connectivity index (χ2n) is 6.18. The Morgan fingerprint density at radius 2 is 2.11 bits per heavy atom. The van der Waals surface area contributed by atoms with E-state index in [4.69, 9.17) is 0 Å². The predicted molar refractivity (Wildman–Crippen MR) is 105 cm³/mol. The van der Waals surface area contributed by atoms with Crippen molar-refractivity contribution in [2.45, 2.75) is 13.8 Å².